The van der Waals surface area contributed by atoms with Gasteiger partial charge in [-0.3, -0.25) is 9.59 Å². The van der Waals surface area contributed by atoms with Crippen LogP contribution in [0.15, 0.2) is 0 Å². The number of carbonyl (C=O) groups is 2. The molecule has 1 heterocycles. The highest BCUT2D eigenvalue weighted by atomic mass is 16.2. The van der Waals surface area contributed by atoms with Gasteiger partial charge in [0, 0.05) is 19.6 Å². The number of hydrogen-bond acceptors (Lipinski definition) is 3. The third kappa shape index (κ3) is 2.41. The fourth-order valence-corrected chi connectivity index (χ4v) is 1.93. The van der Waals surface area contributed by atoms with Gasteiger partial charge in [-0.15, -0.1) is 0 Å². The molecule has 0 spiro atoms. The number of hydrogen-bond donors (Lipinski definition) is 0. The van der Waals surface area contributed by atoms with Crippen LogP contribution in [0.2, 0.25) is 0 Å². The lowest BCUT2D eigenvalue weighted by Gasteiger charge is -2.40. The Morgan fingerprint density at radius 3 is 2.59 bits per heavy atom. The van der Waals surface area contributed by atoms with Crippen molar-refractivity contribution in [2.45, 2.75) is 33.7 Å². The molecule has 1 rings (SSSR count). The number of amides is 2. The summed E-state index contributed by atoms with van der Waals surface area (Å²) in [5.74, 6) is -0.308. The third-order valence-corrected chi connectivity index (χ3v) is 3.20. The van der Waals surface area contributed by atoms with E-state index < -0.39 is 11.5 Å². The van der Waals surface area contributed by atoms with Crippen LogP contribution in [0.4, 0.5) is 0 Å². The lowest BCUT2D eigenvalue weighted by molar-refractivity contribution is -0.153. The molecule has 0 N–H and O–H groups in total. The first kappa shape index (κ1) is 13.5. The predicted molar refractivity (Wildman–Crippen MR) is 62.8 cm³/mol. The Labute approximate surface area is 102 Å². The van der Waals surface area contributed by atoms with E-state index in [0.29, 0.717) is 19.6 Å². The van der Waals surface area contributed by atoms with Gasteiger partial charge in [0.05, 0.1) is 6.07 Å². The third-order valence-electron chi connectivity index (χ3n) is 3.20. The number of nitrogens with zero attached hydrogens (tertiary/aromatic N) is 3. The molecule has 0 bridgehead atoms. The molecule has 0 saturated carbocycles. The second kappa shape index (κ2) is 4.74. The lowest BCUT2D eigenvalue weighted by Crippen LogP contribution is -2.59. The first-order valence-corrected chi connectivity index (χ1v) is 5.86. The monoisotopic (exact) mass is 237 g/mol. The first-order valence-electron chi connectivity index (χ1n) is 5.86. The molecule has 1 atom stereocenters. The number of carbonyl (C=O) groups excluding carboxylic acids is 2. The molecule has 1 fully saturated rings. The van der Waals surface area contributed by atoms with E-state index in [0.717, 1.165) is 0 Å². The quantitative estimate of drug-likeness (QED) is 0.707. The van der Waals surface area contributed by atoms with E-state index in [1.165, 1.54) is 4.90 Å². The van der Waals surface area contributed by atoms with Gasteiger partial charge in [-0.25, -0.2) is 0 Å². The van der Waals surface area contributed by atoms with Crippen LogP contribution in [0.25, 0.3) is 0 Å². The zero-order valence-electron chi connectivity index (χ0n) is 10.9. The maximum atomic E-state index is 12.1. The Hall–Kier alpha value is -1.57. The van der Waals surface area contributed by atoms with Gasteiger partial charge in [-0.1, -0.05) is 0 Å². The lowest BCUT2D eigenvalue weighted by atomic mass is 9.92. The van der Waals surface area contributed by atoms with Crippen molar-refractivity contribution in [3.8, 4) is 6.07 Å². The van der Waals surface area contributed by atoms with E-state index in [4.69, 9.17) is 5.26 Å². The Morgan fingerprint density at radius 2 is 2.12 bits per heavy atom. The van der Waals surface area contributed by atoms with E-state index in [2.05, 4.69) is 0 Å². The summed E-state index contributed by atoms with van der Waals surface area (Å²) in [5, 5.41) is 8.95. The van der Waals surface area contributed by atoms with E-state index in [1.807, 2.05) is 13.0 Å². The largest absolute Gasteiger partial charge is 0.339 e. The number of piperazine rings is 1. The fourth-order valence-electron chi connectivity index (χ4n) is 1.93. The van der Waals surface area contributed by atoms with Crippen LogP contribution >= 0.6 is 0 Å². The van der Waals surface area contributed by atoms with Crippen molar-refractivity contribution in [1.29, 1.82) is 5.26 Å². The second-order valence-electron chi connectivity index (χ2n) is 4.83. The Balaban J connectivity index is 2.86. The summed E-state index contributed by atoms with van der Waals surface area (Å²) < 4.78 is 0. The molecular weight excluding hydrogens is 218 g/mol. The number of nitriles is 1. The zero-order valence-corrected chi connectivity index (χ0v) is 10.9. The summed E-state index contributed by atoms with van der Waals surface area (Å²) in [4.78, 5) is 27.3. The zero-order chi connectivity index (χ0) is 13.2. The summed E-state index contributed by atoms with van der Waals surface area (Å²) in [6, 6.07) is 1.51. The van der Waals surface area contributed by atoms with E-state index in [1.54, 1.807) is 25.7 Å². The Kier molecular flexibility index (Phi) is 3.76. The summed E-state index contributed by atoms with van der Waals surface area (Å²) in [7, 11) is 0. The van der Waals surface area contributed by atoms with Crippen LogP contribution in [0, 0.1) is 16.7 Å². The molecule has 1 aliphatic rings. The summed E-state index contributed by atoms with van der Waals surface area (Å²) >= 11 is 0. The van der Waals surface area contributed by atoms with Crippen LogP contribution < -0.4 is 0 Å². The van der Waals surface area contributed by atoms with Crippen LogP contribution in [0.1, 0.15) is 27.7 Å². The van der Waals surface area contributed by atoms with Crippen LogP contribution in [-0.4, -0.2) is 47.3 Å². The Morgan fingerprint density at radius 1 is 1.53 bits per heavy atom. The minimum absolute atomic E-state index is 0.0409. The average Bonchev–Trinajstić information content (AvgIpc) is 2.31. The average molecular weight is 237 g/mol. The molecular formula is C12H19N3O2. The maximum absolute atomic E-state index is 12.1. The van der Waals surface area contributed by atoms with Gasteiger partial charge >= 0.3 is 0 Å². The van der Waals surface area contributed by atoms with Crippen molar-refractivity contribution in [2.75, 3.05) is 19.6 Å². The van der Waals surface area contributed by atoms with E-state index in [9.17, 15) is 9.59 Å². The standard InChI is InChI=1S/C12H19N3O2/c1-5-14-6-7-15(9(2)10(14)16)11(17)12(3,4)8-13/h9H,5-7H2,1-4H3. The smallest absolute Gasteiger partial charge is 0.245 e. The molecule has 1 saturated heterocycles. The van der Waals surface area contributed by atoms with Crippen molar-refractivity contribution < 1.29 is 9.59 Å². The topological polar surface area (TPSA) is 64.4 Å². The summed E-state index contributed by atoms with van der Waals surface area (Å²) in [6.45, 7) is 8.51. The van der Waals surface area contributed by atoms with Gasteiger partial charge in [0.15, 0.2) is 0 Å². The molecule has 1 aliphatic heterocycles. The SMILES string of the molecule is CCN1CCN(C(=O)C(C)(C)C#N)C(C)C1=O. The fraction of sp³-hybridized carbons (Fsp3) is 0.750. The molecule has 0 radical (unpaired) electrons. The highest BCUT2D eigenvalue weighted by Crippen LogP contribution is 2.21. The Bertz CT molecular complexity index is 370. The van der Waals surface area contributed by atoms with Crippen molar-refractivity contribution in [2.24, 2.45) is 5.41 Å². The van der Waals surface area contributed by atoms with Crippen LogP contribution in [0.5, 0.6) is 0 Å². The van der Waals surface area contributed by atoms with E-state index in [-0.39, 0.29) is 11.8 Å². The molecule has 0 aliphatic carbocycles. The summed E-state index contributed by atoms with van der Waals surface area (Å²) in [6.07, 6.45) is 0. The minimum Gasteiger partial charge on any atom is -0.339 e. The van der Waals surface area contributed by atoms with Gasteiger partial charge in [-0.2, -0.15) is 5.26 Å². The molecule has 1 unspecified atom stereocenters. The van der Waals surface area contributed by atoms with Gasteiger partial charge in [0.1, 0.15) is 11.5 Å². The highest BCUT2D eigenvalue weighted by Gasteiger charge is 2.39. The highest BCUT2D eigenvalue weighted by molar-refractivity contribution is 5.91. The molecule has 5 nitrogen and oxygen atoms in total. The van der Waals surface area contributed by atoms with E-state index >= 15 is 0 Å². The van der Waals surface area contributed by atoms with Crippen molar-refractivity contribution in [3.63, 3.8) is 0 Å². The van der Waals surface area contributed by atoms with Crippen LogP contribution in [-0.2, 0) is 9.59 Å². The molecule has 2 amide bonds. The van der Waals surface area contributed by atoms with Crippen LogP contribution in [0.3, 0.4) is 0 Å². The number of likely N-dealkylation sites (N-methyl/N-ethyl adjacent to an activating group) is 1. The van der Waals surface area contributed by atoms with Gasteiger partial charge < -0.3 is 9.80 Å². The van der Waals surface area contributed by atoms with Crippen molar-refractivity contribution >= 4 is 11.8 Å². The van der Waals surface area contributed by atoms with Gasteiger partial charge in [0.2, 0.25) is 11.8 Å². The minimum atomic E-state index is -1.07. The maximum Gasteiger partial charge on any atom is 0.245 e. The summed E-state index contributed by atoms with van der Waals surface area (Å²) in [5.41, 5.74) is -1.07. The predicted octanol–water partition coefficient (Wildman–Crippen LogP) is 0.615. The normalized spacial score (nSPS) is 21.4. The second-order valence-corrected chi connectivity index (χ2v) is 4.83. The molecule has 94 valence electrons. The van der Waals surface area contributed by atoms with Crippen molar-refractivity contribution in [1.82, 2.24) is 9.80 Å². The molecule has 5 heteroatoms. The molecule has 0 aromatic carbocycles. The first-order chi connectivity index (χ1) is 7.85. The molecule has 17 heavy (non-hydrogen) atoms. The number of rotatable bonds is 2. The van der Waals surface area contributed by atoms with Crippen molar-refractivity contribution in [3.05, 3.63) is 0 Å². The molecule has 0 aromatic heterocycles. The molecule has 0 aromatic rings. The van der Waals surface area contributed by atoms with Gasteiger partial charge in [0.25, 0.3) is 0 Å². The van der Waals surface area contributed by atoms with Gasteiger partial charge in [-0.05, 0) is 27.7 Å².